The van der Waals surface area contributed by atoms with E-state index in [1.54, 1.807) is 11.3 Å². The van der Waals surface area contributed by atoms with Crippen LogP contribution in [0.25, 0.3) is 0 Å². The van der Waals surface area contributed by atoms with E-state index in [0.29, 0.717) is 6.79 Å². The Labute approximate surface area is 64.4 Å². The van der Waals surface area contributed by atoms with Gasteiger partial charge in [-0.25, -0.2) is 0 Å². The monoisotopic (exact) mass is 158 g/mol. The lowest BCUT2D eigenvalue weighted by Crippen LogP contribution is -1.79. The second-order valence-corrected chi connectivity index (χ2v) is 2.54. The van der Waals surface area contributed by atoms with Gasteiger partial charge in [-0.1, -0.05) is 12.1 Å². The van der Waals surface area contributed by atoms with Gasteiger partial charge < -0.3 is 9.47 Å². The topological polar surface area (TPSA) is 18.5 Å². The smallest absolute Gasteiger partial charge is 0.146 e. The first-order chi connectivity index (χ1) is 5.00. The van der Waals surface area contributed by atoms with Crippen LogP contribution in [0.2, 0.25) is 0 Å². The molecule has 10 heavy (non-hydrogen) atoms. The van der Waals surface area contributed by atoms with Crippen molar-refractivity contribution in [3.05, 3.63) is 22.9 Å². The van der Waals surface area contributed by atoms with Crippen LogP contribution in [0.15, 0.2) is 22.9 Å². The van der Waals surface area contributed by atoms with Crippen molar-refractivity contribution < 1.29 is 9.47 Å². The van der Waals surface area contributed by atoms with E-state index in [1.165, 1.54) is 0 Å². The maximum Gasteiger partial charge on any atom is 0.146 e. The maximum atomic E-state index is 4.72. The van der Waals surface area contributed by atoms with Crippen LogP contribution in [0.4, 0.5) is 0 Å². The fraction of sp³-hybridized carbons (Fsp3) is 0.429. The van der Waals surface area contributed by atoms with Gasteiger partial charge in [0.25, 0.3) is 0 Å². The molecule has 0 amide bonds. The third kappa shape index (κ3) is 3.61. The lowest BCUT2D eigenvalue weighted by atomic mass is 10.7. The first kappa shape index (κ1) is 7.72. The second kappa shape index (κ2) is 5.41. The Bertz CT molecular complexity index is 110. The van der Waals surface area contributed by atoms with Crippen LogP contribution in [0.1, 0.15) is 0 Å². The number of hydrogen-bond acceptors (Lipinski definition) is 3. The predicted molar refractivity (Wildman–Crippen MR) is 41.1 cm³/mol. The Hall–Kier alpha value is -0.380. The summed E-state index contributed by atoms with van der Waals surface area (Å²) in [6.45, 7) is 2.06. The van der Waals surface area contributed by atoms with Gasteiger partial charge in [-0.2, -0.15) is 11.3 Å². The van der Waals surface area contributed by atoms with Crippen LogP contribution in [0.5, 0.6) is 0 Å². The Morgan fingerprint density at radius 2 is 1.60 bits per heavy atom. The molecule has 1 fully saturated rings. The Morgan fingerprint density at radius 3 is 1.80 bits per heavy atom. The van der Waals surface area contributed by atoms with Gasteiger partial charge in [0.2, 0.25) is 0 Å². The summed E-state index contributed by atoms with van der Waals surface area (Å²) in [5.41, 5.74) is 0. The van der Waals surface area contributed by atoms with Crippen molar-refractivity contribution in [1.29, 1.82) is 0 Å². The van der Waals surface area contributed by atoms with Crippen LogP contribution in [-0.2, 0) is 9.47 Å². The Morgan fingerprint density at radius 1 is 1.00 bits per heavy atom. The van der Waals surface area contributed by atoms with Crippen molar-refractivity contribution in [2.75, 3.05) is 20.0 Å². The maximum absolute atomic E-state index is 4.72. The molecule has 0 spiro atoms. The molecule has 1 aliphatic rings. The highest BCUT2D eigenvalue weighted by molar-refractivity contribution is 7.07. The van der Waals surface area contributed by atoms with E-state index >= 15 is 0 Å². The highest BCUT2D eigenvalue weighted by atomic mass is 32.1. The fourth-order valence-electron chi connectivity index (χ4n) is 0.521. The fourth-order valence-corrected chi connectivity index (χ4v) is 0.975. The molecular formula is C7H10O2S. The molecule has 2 nitrogen and oxygen atoms in total. The first-order valence-corrected chi connectivity index (χ1v) is 4.07. The summed E-state index contributed by atoms with van der Waals surface area (Å²) in [4.78, 5) is 0. The summed E-state index contributed by atoms with van der Waals surface area (Å²) in [6, 6.07) is 4.04. The zero-order valence-corrected chi connectivity index (χ0v) is 6.47. The molecule has 0 aliphatic carbocycles. The van der Waals surface area contributed by atoms with E-state index in [1.807, 2.05) is 22.9 Å². The van der Waals surface area contributed by atoms with E-state index in [-0.39, 0.29) is 0 Å². The van der Waals surface area contributed by atoms with Gasteiger partial charge in [-0.15, -0.1) is 0 Å². The van der Waals surface area contributed by atoms with E-state index < -0.39 is 0 Å². The lowest BCUT2D eigenvalue weighted by Gasteiger charge is -1.76. The molecular weight excluding hydrogens is 148 g/mol. The normalized spacial score (nSPS) is 16.0. The van der Waals surface area contributed by atoms with Crippen molar-refractivity contribution >= 4 is 11.3 Å². The van der Waals surface area contributed by atoms with E-state index in [9.17, 15) is 0 Å². The van der Waals surface area contributed by atoms with Crippen molar-refractivity contribution in [2.24, 2.45) is 0 Å². The van der Waals surface area contributed by atoms with Crippen molar-refractivity contribution in [3.8, 4) is 0 Å². The average Bonchev–Trinajstić information content (AvgIpc) is 2.67. The number of thiophene rings is 1. The molecule has 1 aliphatic heterocycles. The molecule has 1 saturated heterocycles. The number of ether oxygens (including phenoxy) is 2. The third-order valence-corrected chi connectivity index (χ3v) is 1.59. The van der Waals surface area contributed by atoms with Crippen LogP contribution in [0, 0.1) is 0 Å². The van der Waals surface area contributed by atoms with E-state index in [4.69, 9.17) is 9.47 Å². The summed E-state index contributed by atoms with van der Waals surface area (Å²) in [5.74, 6) is 0. The molecule has 0 aromatic carbocycles. The van der Waals surface area contributed by atoms with Gasteiger partial charge in [0, 0.05) is 0 Å². The van der Waals surface area contributed by atoms with Crippen molar-refractivity contribution in [1.82, 2.24) is 0 Å². The van der Waals surface area contributed by atoms with E-state index in [2.05, 4.69) is 0 Å². The van der Waals surface area contributed by atoms with Gasteiger partial charge >= 0.3 is 0 Å². The summed E-state index contributed by atoms with van der Waals surface area (Å²) >= 11 is 1.71. The van der Waals surface area contributed by atoms with Crippen LogP contribution >= 0.6 is 11.3 Å². The lowest BCUT2D eigenvalue weighted by molar-refractivity contribution is 0.0692. The Balaban J connectivity index is 0.0000001000. The van der Waals surface area contributed by atoms with Gasteiger partial charge in [-0.3, -0.25) is 0 Å². The first-order valence-electron chi connectivity index (χ1n) is 3.13. The van der Waals surface area contributed by atoms with Crippen LogP contribution in [0.3, 0.4) is 0 Å². The molecule has 0 radical (unpaired) electrons. The molecule has 1 aromatic rings. The third-order valence-electron chi connectivity index (χ3n) is 0.964. The van der Waals surface area contributed by atoms with Crippen LogP contribution in [-0.4, -0.2) is 20.0 Å². The van der Waals surface area contributed by atoms with E-state index in [0.717, 1.165) is 13.2 Å². The van der Waals surface area contributed by atoms with Crippen molar-refractivity contribution in [2.45, 2.75) is 0 Å². The average molecular weight is 158 g/mol. The molecule has 0 saturated carbocycles. The molecule has 0 unspecified atom stereocenters. The van der Waals surface area contributed by atoms with Crippen LogP contribution < -0.4 is 0 Å². The summed E-state index contributed by atoms with van der Waals surface area (Å²) in [5, 5.41) is 4.08. The highest BCUT2D eigenvalue weighted by Crippen LogP contribution is 1.91. The second-order valence-electron chi connectivity index (χ2n) is 1.73. The SMILES string of the molecule is C1COCO1.c1ccsc1. The molecule has 3 heteroatoms. The van der Waals surface area contributed by atoms with Gasteiger partial charge in [0.05, 0.1) is 13.2 Å². The molecule has 2 rings (SSSR count). The van der Waals surface area contributed by atoms with Gasteiger partial charge in [0.1, 0.15) is 6.79 Å². The summed E-state index contributed by atoms with van der Waals surface area (Å²) in [6.07, 6.45) is 0. The zero-order chi connectivity index (χ0) is 7.07. The van der Waals surface area contributed by atoms with Gasteiger partial charge in [-0.05, 0) is 10.8 Å². The van der Waals surface area contributed by atoms with Gasteiger partial charge in [0.15, 0.2) is 0 Å². The molecule has 0 atom stereocenters. The number of hydrogen-bond donors (Lipinski definition) is 0. The minimum absolute atomic E-state index is 0.500. The minimum atomic E-state index is 0.500. The standard InChI is InChI=1S/C4H4S.C3H6O2/c1-2-4-5-3-1;1-2-5-3-4-1/h1-4H;1-3H2. The molecule has 1 aromatic heterocycles. The molecule has 56 valence electrons. The Kier molecular flexibility index (Phi) is 4.18. The zero-order valence-electron chi connectivity index (χ0n) is 5.66. The predicted octanol–water partition coefficient (Wildman–Crippen LogP) is 1.74. The quantitative estimate of drug-likeness (QED) is 0.572. The summed E-state index contributed by atoms with van der Waals surface area (Å²) < 4.78 is 9.44. The van der Waals surface area contributed by atoms with Crippen molar-refractivity contribution in [3.63, 3.8) is 0 Å². The molecule has 0 N–H and O–H groups in total. The molecule has 0 bridgehead atoms. The largest absolute Gasteiger partial charge is 0.353 e. The minimum Gasteiger partial charge on any atom is -0.353 e. The summed E-state index contributed by atoms with van der Waals surface area (Å²) in [7, 11) is 0. The highest BCUT2D eigenvalue weighted by Gasteiger charge is 1.93. The molecule has 2 heterocycles. The number of rotatable bonds is 0.